The van der Waals surface area contributed by atoms with Crippen LogP contribution in [-0.2, 0) is 11.3 Å². The first-order valence-corrected chi connectivity index (χ1v) is 10.3. The molecule has 3 aromatic rings. The van der Waals surface area contributed by atoms with Crippen LogP contribution in [0.3, 0.4) is 0 Å². The van der Waals surface area contributed by atoms with Crippen molar-refractivity contribution in [3.63, 3.8) is 0 Å². The van der Waals surface area contributed by atoms with Crippen molar-refractivity contribution in [3.8, 4) is 0 Å². The minimum Gasteiger partial charge on any atom is -0.444 e. The van der Waals surface area contributed by atoms with Crippen LogP contribution >= 0.6 is 0 Å². The Morgan fingerprint density at radius 1 is 1.23 bits per heavy atom. The number of aromatic amines is 1. The maximum Gasteiger partial charge on any atom is 0.410 e. The fourth-order valence-corrected chi connectivity index (χ4v) is 3.13. The standard InChI is InChI=1S/C23H29N5O3/c1-16-8-9-19-18(13-16)20(27-26-19)21(29)25-11-6-12-28(22(30)31-23(2,3)4)15-17-7-5-10-24-14-17/h5,7-10,13-14H,6,11-12,15H2,1-4H3,(H,25,29)(H,26,27). The molecular formula is C23H29N5O3. The van der Waals surface area contributed by atoms with E-state index in [0.29, 0.717) is 31.7 Å². The number of benzene rings is 1. The van der Waals surface area contributed by atoms with E-state index in [-0.39, 0.29) is 5.91 Å². The predicted molar refractivity (Wildman–Crippen MR) is 119 cm³/mol. The zero-order valence-electron chi connectivity index (χ0n) is 18.4. The lowest BCUT2D eigenvalue weighted by atomic mass is 10.1. The van der Waals surface area contributed by atoms with Gasteiger partial charge in [-0.15, -0.1) is 0 Å². The summed E-state index contributed by atoms with van der Waals surface area (Å²) in [5, 5.41) is 10.7. The second-order valence-electron chi connectivity index (χ2n) is 8.49. The summed E-state index contributed by atoms with van der Waals surface area (Å²) in [5.41, 5.74) is 2.58. The van der Waals surface area contributed by atoms with Crippen molar-refractivity contribution >= 4 is 22.9 Å². The maximum absolute atomic E-state index is 12.6. The van der Waals surface area contributed by atoms with Gasteiger partial charge in [-0.05, 0) is 57.9 Å². The predicted octanol–water partition coefficient (Wildman–Crippen LogP) is 3.82. The van der Waals surface area contributed by atoms with Crippen LogP contribution < -0.4 is 5.32 Å². The zero-order chi connectivity index (χ0) is 22.4. The molecule has 8 nitrogen and oxygen atoms in total. The van der Waals surface area contributed by atoms with Crippen molar-refractivity contribution in [1.82, 2.24) is 25.4 Å². The highest BCUT2D eigenvalue weighted by molar-refractivity contribution is 6.04. The van der Waals surface area contributed by atoms with Gasteiger partial charge in [-0.1, -0.05) is 17.7 Å². The molecule has 0 radical (unpaired) electrons. The SMILES string of the molecule is Cc1ccc2[nH]nc(C(=O)NCCCN(Cc3cccnc3)C(=O)OC(C)(C)C)c2c1. The molecule has 2 amide bonds. The van der Waals surface area contributed by atoms with Crippen LogP contribution in [0.4, 0.5) is 4.79 Å². The van der Waals surface area contributed by atoms with Gasteiger partial charge in [-0.25, -0.2) is 4.79 Å². The summed E-state index contributed by atoms with van der Waals surface area (Å²) in [6.45, 7) is 8.72. The van der Waals surface area contributed by atoms with Crippen LogP contribution in [-0.4, -0.2) is 50.8 Å². The molecule has 0 aliphatic heterocycles. The van der Waals surface area contributed by atoms with Gasteiger partial charge in [-0.3, -0.25) is 14.9 Å². The lowest BCUT2D eigenvalue weighted by Crippen LogP contribution is -2.38. The Balaban J connectivity index is 1.58. The molecule has 2 N–H and O–H groups in total. The maximum atomic E-state index is 12.6. The molecule has 8 heteroatoms. The summed E-state index contributed by atoms with van der Waals surface area (Å²) in [6, 6.07) is 9.56. The molecule has 0 unspecified atom stereocenters. The molecule has 2 heterocycles. The van der Waals surface area contributed by atoms with Gasteiger partial charge in [0.2, 0.25) is 0 Å². The minimum absolute atomic E-state index is 0.243. The third kappa shape index (κ3) is 6.28. The third-order valence-corrected chi connectivity index (χ3v) is 4.57. The summed E-state index contributed by atoms with van der Waals surface area (Å²) < 4.78 is 5.53. The van der Waals surface area contributed by atoms with Crippen molar-refractivity contribution in [1.29, 1.82) is 0 Å². The number of fused-ring (bicyclic) bond motifs is 1. The van der Waals surface area contributed by atoms with E-state index >= 15 is 0 Å². The third-order valence-electron chi connectivity index (χ3n) is 4.57. The van der Waals surface area contributed by atoms with Gasteiger partial charge in [-0.2, -0.15) is 5.10 Å². The van der Waals surface area contributed by atoms with Gasteiger partial charge in [0, 0.05) is 30.9 Å². The molecule has 0 saturated heterocycles. The first-order valence-electron chi connectivity index (χ1n) is 10.3. The van der Waals surface area contributed by atoms with E-state index in [4.69, 9.17) is 4.74 Å². The highest BCUT2D eigenvalue weighted by atomic mass is 16.6. The summed E-state index contributed by atoms with van der Waals surface area (Å²) in [6.07, 6.45) is 3.60. The van der Waals surface area contributed by atoms with Crippen molar-refractivity contribution < 1.29 is 14.3 Å². The molecule has 0 spiro atoms. The topological polar surface area (TPSA) is 100 Å². The first-order chi connectivity index (χ1) is 14.7. The highest BCUT2D eigenvalue weighted by Crippen LogP contribution is 2.17. The summed E-state index contributed by atoms with van der Waals surface area (Å²) in [7, 11) is 0. The average molecular weight is 424 g/mol. The summed E-state index contributed by atoms with van der Waals surface area (Å²) >= 11 is 0. The number of nitrogens with one attached hydrogen (secondary N) is 2. The number of aromatic nitrogens is 3. The number of rotatable bonds is 7. The number of hydrogen-bond donors (Lipinski definition) is 2. The Hall–Kier alpha value is -3.42. The quantitative estimate of drug-likeness (QED) is 0.563. The number of carbonyl (C=O) groups excluding carboxylic acids is 2. The van der Waals surface area contributed by atoms with E-state index in [9.17, 15) is 9.59 Å². The fraction of sp³-hybridized carbons (Fsp3) is 0.391. The number of hydrogen-bond acceptors (Lipinski definition) is 5. The van der Waals surface area contributed by atoms with E-state index in [1.807, 2.05) is 58.0 Å². The Kier molecular flexibility index (Phi) is 6.89. The molecule has 1 aromatic carbocycles. The van der Waals surface area contributed by atoms with Crippen molar-refractivity contribution in [2.75, 3.05) is 13.1 Å². The van der Waals surface area contributed by atoms with Gasteiger partial charge in [0.1, 0.15) is 5.60 Å². The number of nitrogens with zero attached hydrogens (tertiary/aromatic N) is 3. The van der Waals surface area contributed by atoms with Crippen molar-refractivity contribution in [2.24, 2.45) is 0 Å². The second-order valence-corrected chi connectivity index (χ2v) is 8.49. The molecule has 164 valence electrons. The number of ether oxygens (including phenoxy) is 1. The van der Waals surface area contributed by atoms with Crippen LogP contribution in [0, 0.1) is 6.92 Å². The Labute approximate surface area is 182 Å². The molecule has 0 bridgehead atoms. The van der Waals surface area contributed by atoms with E-state index < -0.39 is 11.7 Å². The van der Waals surface area contributed by atoms with Gasteiger partial charge in [0.25, 0.3) is 5.91 Å². The summed E-state index contributed by atoms with van der Waals surface area (Å²) in [4.78, 5) is 31.0. The minimum atomic E-state index is -0.586. The van der Waals surface area contributed by atoms with Gasteiger partial charge >= 0.3 is 6.09 Å². The lowest BCUT2D eigenvalue weighted by molar-refractivity contribution is 0.0232. The van der Waals surface area contributed by atoms with E-state index in [1.165, 1.54) is 0 Å². The van der Waals surface area contributed by atoms with E-state index in [0.717, 1.165) is 22.0 Å². The molecule has 0 aliphatic rings. The fourth-order valence-electron chi connectivity index (χ4n) is 3.13. The smallest absolute Gasteiger partial charge is 0.410 e. The molecule has 0 fully saturated rings. The second kappa shape index (κ2) is 9.59. The zero-order valence-corrected chi connectivity index (χ0v) is 18.4. The molecule has 0 saturated carbocycles. The Morgan fingerprint density at radius 2 is 2.03 bits per heavy atom. The van der Waals surface area contributed by atoms with Gasteiger partial charge in [0.05, 0.1) is 12.1 Å². The van der Waals surface area contributed by atoms with Crippen LogP contribution in [0.1, 0.15) is 48.8 Å². The largest absolute Gasteiger partial charge is 0.444 e. The molecule has 3 rings (SSSR count). The van der Waals surface area contributed by atoms with Crippen LogP contribution in [0.15, 0.2) is 42.7 Å². The Morgan fingerprint density at radius 3 is 2.74 bits per heavy atom. The molecule has 2 aromatic heterocycles. The molecule has 0 atom stereocenters. The number of pyridine rings is 1. The molecule has 31 heavy (non-hydrogen) atoms. The van der Waals surface area contributed by atoms with E-state index in [2.05, 4.69) is 20.5 Å². The van der Waals surface area contributed by atoms with Crippen molar-refractivity contribution in [2.45, 2.75) is 46.3 Å². The normalized spacial score (nSPS) is 11.4. The lowest BCUT2D eigenvalue weighted by Gasteiger charge is -2.27. The average Bonchev–Trinajstić information content (AvgIpc) is 3.12. The summed E-state index contributed by atoms with van der Waals surface area (Å²) in [5.74, 6) is -0.243. The van der Waals surface area contributed by atoms with E-state index in [1.54, 1.807) is 17.3 Å². The Bertz CT molecular complexity index is 1040. The first kappa shape index (κ1) is 22.3. The number of carbonyl (C=O) groups is 2. The molecule has 0 aliphatic carbocycles. The number of H-pyrrole nitrogens is 1. The number of amides is 2. The van der Waals surface area contributed by atoms with Crippen LogP contribution in [0.5, 0.6) is 0 Å². The highest BCUT2D eigenvalue weighted by Gasteiger charge is 2.22. The number of aryl methyl sites for hydroxylation is 1. The molecular weight excluding hydrogens is 394 g/mol. The monoisotopic (exact) mass is 423 g/mol. The van der Waals surface area contributed by atoms with Crippen LogP contribution in [0.2, 0.25) is 0 Å². The van der Waals surface area contributed by atoms with Gasteiger partial charge < -0.3 is 15.0 Å². The van der Waals surface area contributed by atoms with Gasteiger partial charge in [0.15, 0.2) is 5.69 Å². The van der Waals surface area contributed by atoms with Crippen LogP contribution in [0.25, 0.3) is 10.9 Å². The van der Waals surface area contributed by atoms with Crippen molar-refractivity contribution in [3.05, 3.63) is 59.5 Å².